The lowest BCUT2D eigenvalue weighted by atomic mass is 9.82. The minimum Gasteiger partial charge on any atom is -0.480 e. The van der Waals surface area contributed by atoms with Crippen molar-refractivity contribution < 1.29 is 23.1 Å². The lowest BCUT2D eigenvalue weighted by Crippen LogP contribution is -2.59. The standard InChI is InChI=1S/C13H22N2O5S/c16-11(17)13(6-2-1-3-7-13)15-12(18)14-10-4-8-21(19,20)9-5-10/h10H,1-9H2,(H,16,17)(H2,14,15,18). The summed E-state index contributed by atoms with van der Waals surface area (Å²) in [5.41, 5.74) is -1.18. The summed E-state index contributed by atoms with van der Waals surface area (Å²) in [6, 6.07) is -0.716. The SMILES string of the molecule is O=C(NC1CCS(=O)(=O)CC1)NC1(C(=O)O)CCCCC1. The quantitative estimate of drug-likeness (QED) is 0.707. The van der Waals surface area contributed by atoms with Crippen molar-refractivity contribution >= 4 is 21.8 Å². The van der Waals surface area contributed by atoms with E-state index in [9.17, 15) is 23.1 Å². The highest BCUT2D eigenvalue weighted by Crippen LogP contribution is 2.28. The number of carboxylic acid groups (broad SMARTS) is 1. The van der Waals surface area contributed by atoms with Gasteiger partial charge in [0.05, 0.1) is 11.5 Å². The molecule has 8 heteroatoms. The van der Waals surface area contributed by atoms with Crippen LogP contribution in [0, 0.1) is 0 Å². The van der Waals surface area contributed by atoms with Crippen LogP contribution in [0.4, 0.5) is 4.79 Å². The average Bonchev–Trinajstić information content (AvgIpc) is 2.42. The van der Waals surface area contributed by atoms with Crippen LogP contribution in [0.1, 0.15) is 44.9 Å². The molecule has 0 radical (unpaired) electrons. The number of carboxylic acids is 1. The molecule has 0 atom stereocenters. The molecule has 1 aliphatic carbocycles. The van der Waals surface area contributed by atoms with Crippen molar-refractivity contribution in [3.63, 3.8) is 0 Å². The van der Waals surface area contributed by atoms with Gasteiger partial charge in [0.2, 0.25) is 0 Å². The van der Waals surface area contributed by atoms with Crippen LogP contribution in [0.2, 0.25) is 0 Å². The zero-order valence-corrected chi connectivity index (χ0v) is 12.7. The molecular formula is C13H22N2O5S. The van der Waals surface area contributed by atoms with Gasteiger partial charge in [-0.05, 0) is 25.7 Å². The maximum Gasteiger partial charge on any atom is 0.329 e. The second kappa shape index (κ2) is 6.21. The highest BCUT2D eigenvalue weighted by molar-refractivity contribution is 7.91. The number of hydrogen-bond donors (Lipinski definition) is 3. The number of aliphatic carboxylic acids is 1. The molecule has 1 saturated heterocycles. The van der Waals surface area contributed by atoms with Gasteiger partial charge in [-0.15, -0.1) is 0 Å². The van der Waals surface area contributed by atoms with Crippen molar-refractivity contribution in [1.29, 1.82) is 0 Å². The molecule has 0 spiro atoms. The lowest BCUT2D eigenvalue weighted by Gasteiger charge is -2.34. The third kappa shape index (κ3) is 4.09. The van der Waals surface area contributed by atoms with Gasteiger partial charge < -0.3 is 15.7 Å². The van der Waals surface area contributed by atoms with Gasteiger partial charge in [0.1, 0.15) is 15.4 Å². The topological polar surface area (TPSA) is 113 Å². The third-order valence-corrected chi connectivity index (χ3v) is 6.07. The molecule has 0 aromatic carbocycles. The van der Waals surface area contributed by atoms with Gasteiger partial charge in [0.25, 0.3) is 0 Å². The zero-order valence-electron chi connectivity index (χ0n) is 11.9. The highest BCUT2D eigenvalue weighted by atomic mass is 32.2. The Balaban J connectivity index is 1.90. The second-order valence-electron chi connectivity index (χ2n) is 5.97. The van der Waals surface area contributed by atoms with E-state index >= 15 is 0 Å². The zero-order chi connectivity index (χ0) is 15.5. The number of rotatable bonds is 3. The van der Waals surface area contributed by atoms with Gasteiger partial charge in [0, 0.05) is 6.04 Å². The first kappa shape index (κ1) is 16.1. The van der Waals surface area contributed by atoms with E-state index < -0.39 is 27.4 Å². The molecule has 2 aliphatic rings. The van der Waals surface area contributed by atoms with Crippen LogP contribution in [0.5, 0.6) is 0 Å². The molecule has 2 amide bonds. The number of carbonyl (C=O) groups is 2. The van der Waals surface area contributed by atoms with Gasteiger partial charge in [-0.3, -0.25) is 0 Å². The van der Waals surface area contributed by atoms with Gasteiger partial charge in [-0.25, -0.2) is 18.0 Å². The summed E-state index contributed by atoms with van der Waals surface area (Å²) < 4.78 is 22.7. The minimum atomic E-state index is -2.97. The molecule has 1 aliphatic heterocycles. The Morgan fingerprint density at radius 2 is 1.62 bits per heavy atom. The lowest BCUT2D eigenvalue weighted by molar-refractivity contribution is -0.145. The predicted octanol–water partition coefficient (Wildman–Crippen LogP) is 0.650. The maximum atomic E-state index is 12.0. The van der Waals surface area contributed by atoms with Gasteiger partial charge in [-0.2, -0.15) is 0 Å². The molecule has 3 N–H and O–H groups in total. The molecule has 2 fully saturated rings. The van der Waals surface area contributed by atoms with E-state index in [2.05, 4.69) is 10.6 Å². The summed E-state index contributed by atoms with van der Waals surface area (Å²) in [6.45, 7) is 0. The first-order valence-electron chi connectivity index (χ1n) is 7.35. The van der Waals surface area contributed by atoms with Crippen molar-refractivity contribution in [1.82, 2.24) is 10.6 Å². The van der Waals surface area contributed by atoms with E-state index in [0.717, 1.165) is 19.3 Å². The molecule has 0 aromatic heterocycles. The predicted molar refractivity (Wildman–Crippen MR) is 76.8 cm³/mol. The van der Waals surface area contributed by atoms with Gasteiger partial charge in [0.15, 0.2) is 0 Å². The highest BCUT2D eigenvalue weighted by Gasteiger charge is 2.41. The second-order valence-corrected chi connectivity index (χ2v) is 8.28. The average molecular weight is 318 g/mol. The Kier molecular flexibility index (Phi) is 4.75. The molecule has 1 saturated carbocycles. The third-order valence-electron chi connectivity index (χ3n) is 4.36. The molecule has 21 heavy (non-hydrogen) atoms. The van der Waals surface area contributed by atoms with Crippen LogP contribution in [0.25, 0.3) is 0 Å². The van der Waals surface area contributed by atoms with Crippen molar-refractivity contribution in [3.8, 4) is 0 Å². The summed E-state index contributed by atoms with van der Waals surface area (Å²) in [6.07, 6.45) is 4.20. The van der Waals surface area contributed by atoms with E-state index in [-0.39, 0.29) is 17.5 Å². The molecule has 0 unspecified atom stereocenters. The Hall–Kier alpha value is -1.31. The van der Waals surface area contributed by atoms with Crippen molar-refractivity contribution in [2.24, 2.45) is 0 Å². The van der Waals surface area contributed by atoms with Gasteiger partial charge in [-0.1, -0.05) is 19.3 Å². The van der Waals surface area contributed by atoms with E-state index in [1.807, 2.05) is 0 Å². The molecular weight excluding hydrogens is 296 g/mol. The number of hydrogen-bond acceptors (Lipinski definition) is 4. The Bertz CT molecular complexity index is 497. The maximum absolute atomic E-state index is 12.0. The summed E-state index contributed by atoms with van der Waals surface area (Å²) in [5, 5.41) is 14.7. The summed E-state index contributed by atoms with van der Waals surface area (Å²) >= 11 is 0. The fourth-order valence-electron chi connectivity index (χ4n) is 3.02. The Labute approximate surface area is 124 Å². The van der Waals surface area contributed by atoms with E-state index in [4.69, 9.17) is 0 Å². The number of urea groups is 1. The molecule has 120 valence electrons. The number of nitrogens with one attached hydrogen (secondary N) is 2. The fraction of sp³-hybridized carbons (Fsp3) is 0.846. The molecule has 0 aromatic rings. The monoisotopic (exact) mass is 318 g/mol. The van der Waals surface area contributed by atoms with E-state index in [1.165, 1.54) is 0 Å². The summed E-state index contributed by atoms with van der Waals surface area (Å²) in [7, 11) is -2.97. The number of carbonyl (C=O) groups excluding carboxylic acids is 1. The summed E-state index contributed by atoms with van der Waals surface area (Å²) in [4.78, 5) is 23.5. The van der Waals surface area contributed by atoms with Crippen molar-refractivity contribution in [3.05, 3.63) is 0 Å². The number of sulfone groups is 1. The smallest absolute Gasteiger partial charge is 0.329 e. The molecule has 2 rings (SSSR count). The van der Waals surface area contributed by atoms with Crippen LogP contribution in [-0.2, 0) is 14.6 Å². The minimum absolute atomic E-state index is 0.0714. The normalized spacial score (nSPS) is 25.0. The molecule has 7 nitrogen and oxygen atoms in total. The van der Waals surface area contributed by atoms with Crippen LogP contribution in [0.3, 0.4) is 0 Å². The summed E-state index contributed by atoms with van der Waals surface area (Å²) in [5.74, 6) is -0.854. The van der Waals surface area contributed by atoms with Crippen LogP contribution in [0.15, 0.2) is 0 Å². The van der Waals surface area contributed by atoms with Crippen LogP contribution < -0.4 is 10.6 Å². The molecule has 0 bridgehead atoms. The first-order chi connectivity index (χ1) is 9.83. The number of amides is 2. The Morgan fingerprint density at radius 3 is 2.14 bits per heavy atom. The van der Waals surface area contributed by atoms with Crippen LogP contribution >= 0.6 is 0 Å². The van der Waals surface area contributed by atoms with Crippen LogP contribution in [-0.4, -0.2) is 48.6 Å². The fourth-order valence-corrected chi connectivity index (χ4v) is 4.51. The van der Waals surface area contributed by atoms with E-state index in [0.29, 0.717) is 25.7 Å². The van der Waals surface area contributed by atoms with Gasteiger partial charge >= 0.3 is 12.0 Å². The Morgan fingerprint density at radius 1 is 1.05 bits per heavy atom. The van der Waals surface area contributed by atoms with Crippen molar-refractivity contribution in [2.45, 2.75) is 56.5 Å². The van der Waals surface area contributed by atoms with Crippen molar-refractivity contribution in [2.75, 3.05) is 11.5 Å². The first-order valence-corrected chi connectivity index (χ1v) is 9.18. The largest absolute Gasteiger partial charge is 0.480 e. The molecule has 1 heterocycles. The van der Waals surface area contributed by atoms with E-state index in [1.54, 1.807) is 0 Å².